The van der Waals surface area contributed by atoms with E-state index in [2.05, 4.69) is 5.43 Å². The fraction of sp³-hybridized carbons (Fsp3) is 0.200. The van der Waals surface area contributed by atoms with E-state index in [-0.39, 0.29) is 5.82 Å². The highest BCUT2D eigenvalue weighted by molar-refractivity contribution is 5.46. The minimum absolute atomic E-state index is 0.351. The van der Waals surface area contributed by atoms with E-state index in [0.717, 1.165) is 5.56 Å². The van der Waals surface area contributed by atoms with E-state index < -0.39 is 6.04 Å². The van der Waals surface area contributed by atoms with E-state index in [0.29, 0.717) is 17.1 Å². The molecule has 0 amide bonds. The van der Waals surface area contributed by atoms with Gasteiger partial charge >= 0.3 is 0 Å². The Balaban J connectivity index is 2.55. The third-order valence-corrected chi connectivity index (χ3v) is 3.12. The summed E-state index contributed by atoms with van der Waals surface area (Å²) in [5, 5.41) is 0. The standard InChI is InChI=1S/C15H17FN2O2/c1-19-13-6-4-3-5-11(13)15(18-17)12-9-10(16)7-8-14(12)20-2/h3-9,15,18H,17H2,1-2H3. The number of hydrogen-bond acceptors (Lipinski definition) is 4. The predicted molar refractivity (Wildman–Crippen MR) is 75.1 cm³/mol. The Morgan fingerprint density at radius 1 is 1.00 bits per heavy atom. The quantitative estimate of drug-likeness (QED) is 0.650. The number of ether oxygens (including phenoxy) is 2. The highest BCUT2D eigenvalue weighted by Crippen LogP contribution is 2.34. The van der Waals surface area contributed by atoms with Crippen LogP contribution in [0.2, 0.25) is 0 Å². The second-order valence-electron chi connectivity index (χ2n) is 4.23. The summed E-state index contributed by atoms with van der Waals surface area (Å²) in [6.07, 6.45) is 0. The number of para-hydroxylation sites is 1. The lowest BCUT2D eigenvalue weighted by Crippen LogP contribution is -2.29. The molecule has 1 atom stereocenters. The molecule has 0 saturated heterocycles. The van der Waals surface area contributed by atoms with Crippen molar-refractivity contribution >= 4 is 0 Å². The molecular formula is C15H17FN2O2. The van der Waals surface area contributed by atoms with Crippen LogP contribution in [-0.4, -0.2) is 14.2 Å². The van der Waals surface area contributed by atoms with Crippen molar-refractivity contribution in [3.8, 4) is 11.5 Å². The molecular weight excluding hydrogens is 259 g/mol. The van der Waals surface area contributed by atoms with E-state index in [1.807, 2.05) is 24.3 Å². The molecule has 0 aliphatic heterocycles. The molecule has 4 nitrogen and oxygen atoms in total. The molecule has 0 aliphatic rings. The zero-order valence-corrected chi connectivity index (χ0v) is 11.4. The molecule has 20 heavy (non-hydrogen) atoms. The van der Waals surface area contributed by atoms with E-state index >= 15 is 0 Å². The van der Waals surface area contributed by atoms with Crippen LogP contribution in [0.25, 0.3) is 0 Å². The molecule has 3 N–H and O–H groups in total. The van der Waals surface area contributed by atoms with Gasteiger partial charge in [0.25, 0.3) is 0 Å². The van der Waals surface area contributed by atoms with Gasteiger partial charge in [-0.2, -0.15) is 0 Å². The van der Waals surface area contributed by atoms with Crippen LogP contribution >= 0.6 is 0 Å². The maximum absolute atomic E-state index is 13.5. The average Bonchev–Trinajstić information content (AvgIpc) is 2.49. The van der Waals surface area contributed by atoms with Crippen molar-refractivity contribution in [2.75, 3.05) is 14.2 Å². The largest absolute Gasteiger partial charge is 0.496 e. The van der Waals surface area contributed by atoms with E-state index in [4.69, 9.17) is 15.3 Å². The van der Waals surface area contributed by atoms with Crippen molar-refractivity contribution in [3.05, 3.63) is 59.4 Å². The zero-order chi connectivity index (χ0) is 14.5. The molecule has 0 aromatic heterocycles. The van der Waals surface area contributed by atoms with Crippen molar-refractivity contribution in [2.45, 2.75) is 6.04 Å². The van der Waals surface area contributed by atoms with Crippen LogP contribution in [0.15, 0.2) is 42.5 Å². The lowest BCUT2D eigenvalue weighted by atomic mass is 9.97. The van der Waals surface area contributed by atoms with Crippen LogP contribution in [0.3, 0.4) is 0 Å². The Hall–Kier alpha value is -2.11. The molecule has 0 bridgehead atoms. The van der Waals surface area contributed by atoms with Gasteiger partial charge in [-0.25, -0.2) is 9.82 Å². The number of benzene rings is 2. The number of methoxy groups -OCH3 is 2. The minimum atomic E-state index is -0.434. The Kier molecular flexibility index (Phi) is 4.55. The van der Waals surface area contributed by atoms with Crippen molar-refractivity contribution < 1.29 is 13.9 Å². The van der Waals surface area contributed by atoms with Crippen molar-refractivity contribution in [2.24, 2.45) is 5.84 Å². The Morgan fingerprint density at radius 3 is 2.30 bits per heavy atom. The van der Waals surface area contributed by atoms with Gasteiger partial charge in [0.2, 0.25) is 0 Å². The third-order valence-electron chi connectivity index (χ3n) is 3.12. The van der Waals surface area contributed by atoms with Gasteiger partial charge in [0, 0.05) is 11.1 Å². The number of halogens is 1. The topological polar surface area (TPSA) is 56.5 Å². The highest BCUT2D eigenvalue weighted by Gasteiger charge is 2.20. The van der Waals surface area contributed by atoms with Crippen LogP contribution in [0.1, 0.15) is 17.2 Å². The molecule has 0 aliphatic carbocycles. The first-order valence-corrected chi connectivity index (χ1v) is 6.13. The fourth-order valence-corrected chi connectivity index (χ4v) is 2.18. The van der Waals surface area contributed by atoms with Crippen LogP contribution in [0, 0.1) is 5.82 Å². The van der Waals surface area contributed by atoms with Gasteiger partial charge < -0.3 is 9.47 Å². The summed E-state index contributed by atoms with van der Waals surface area (Å²) >= 11 is 0. The summed E-state index contributed by atoms with van der Waals surface area (Å²) in [6.45, 7) is 0. The number of hydrogen-bond donors (Lipinski definition) is 2. The lowest BCUT2D eigenvalue weighted by molar-refractivity contribution is 0.393. The van der Waals surface area contributed by atoms with Crippen molar-refractivity contribution in [1.82, 2.24) is 5.43 Å². The van der Waals surface area contributed by atoms with Crippen LogP contribution in [0.5, 0.6) is 11.5 Å². The highest BCUT2D eigenvalue weighted by atomic mass is 19.1. The number of rotatable bonds is 5. The average molecular weight is 276 g/mol. The summed E-state index contributed by atoms with van der Waals surface area (Å²) in [5.41, 5.74) is 4.10. The first kappa shape index (κ1) is 14.3. The second kappa shape index (κ2) is 6.36. The molecule has 0 radical (unpaired) electrons. The fourth-order valence-electron chi connectivity index (χ4n) is 2.18. The molecule has 2 aromatic carbocycles. The Labute approximate surface area is 117 Å². The first-order chi connectivity index (χ1) is 9.71. The molecule has 0 fully saturated rings. The molecule has 0 heterocycles. The Bertz CT molecular complexity index is 590. The van der Waals surface area contributed by atoms with Gasteiger partial charge in [-0.05, 0) is 24.3 Å². The second-order valence-corrected chi connectivity index (χ2v) is 4.23. The minimum Gasteiger partial charge on any atom is -0.496 e. The first-order valence-electron chi connectivity index (χ1n) is 6.13. The van der Waals surface area contributed by atoms with Gasteiger partial charge in [0.05, 0.1) is 20.3 Å². The van der Waals surface area contributed by atoms with Crippen LogP contribution < -0.4 is 20.7 Å². The number of nitrogens with one attached hydrogen (secondary N) is 1. The van der Waals surface area contributed by atoms with Gasteiger partial charge in [-0.15, -0.1) is 0 Å². The summed E-state index contributed by atoms with van der Waals surface area (Å²) < 4.78 is 24.1. The molecule has 5 heteroatoms. The van der Waals surface area contributed by atoms with Crippen LogP contribution in [0.4, 0.5) is 4.39 Å². The summed E-state index contributed by atoms with van der Waals surface area (Å²) in [5.74, 6) is 6.52. The SMILES string of the molecule is COc1ccccc1C(NN)c1cc(F)ccc1OC. The number of hydrazine groups is 1. The monoisotopic (exact) mass is 276 g/mol. The van der Waals surface area contributed by atoms with Gasteiger partial charge in [-0.3, -0.25) is 5.84 Å². The lowest BCUT2D eigenvalue weighted by Gasteiger charge is -2.21. The summed E-state index contributed by atoms with van der Waals surface area (Å²) in [4.78, 5) is 0. The smallest absolute Gasteiger partial charge is 0.124 e. The summed E-state index contributed by atoms with van der Waals surface area (Å²) in [7, 11) is 3.11. The molecule has 1 unspecified atom stereocenters. The zero-order valence-electron chi connectivity index (χ0n) is 11.4. The van der Waals surface area contributed by atoms with Gasteiger partial charge in [-0.1, -0.05) is 18.2 Å². The number of nitrogens with two attached hydrogens (primary N) is 1. The van der Waals surface area contributed by atoms with Crippen molar-refractivity contribution in [1.29, 1.82) is 0 Å². The van der Waals surface area contributed by atoms with E-state index in [9.17, 15) is 4.39 Å². The molecule has 2 aromatic rings. The normalized spacial score (nSPS) is 12.0. The Morgan fingerprint density at radius 2 is 1.65 bits per heavy atom. The van der Waals surface area contributed by atoms with Gasteiger partial charge in [0.1, 0.15) is 17.3 Å². The predicted octanol–water partition coefficient (Wildman–Crippen LogP) is 2.40. The molecule has 106 valence electrons. The van der Waals surface area contributed by atoms with E-state index in [1.165, 1.54) is 19.2 Å². The summed E-state index contributed by atoms with van der Waals surface area (Å²) in [6, 6.07) is 11.3. The maximum Gasteiger partial charge on any atom is 0.124 e. The maximum atomic E-state index is 13.5. The van der Waals surface area contributed by atoms with Crippen LogP contribution in [-0.2, 0) is 0 Å². The third kappa shape index (κ3) is 2.74. The van der Waals surface area contributed by atoms with Crippen molar-refractivity contribution in [3.63, 3.8) is 0 Å². The molecule has 2 rings (SSSR count). The van der Waals surface area contributed by atoms with E-state index in [1.54, 1.807) is 13.2 Å². The molecule has 0 saturated carbocycles. The van der Waals surface area contributed by atoms with Gasteiger partial charge in [0.15, 0.2) is 0 Å². The molecule has 0 spiro atoms.